The summed E-state index contributed by atoms with van der Waals surface area (Å²) in [6.45, 7) is 8.12. The van der Waals surface area contributed by atoms with Gasteiger partial charge in [-0.1, -0.05) is 24.8 Å². The summed E-state index contributed by atoms with van der Waals surface area (Å²) in [7, 11) is 1.62. The highest BCUT2D eigenvalue weighted by molar-refractivity contribution is 8.15. The molecule has 1 aromatic carbocycles. The third-order valence-electron chi connectivity index (χ3n) is 6.75. The molecule has 3 heterocycles. The van der Waals surface area contributed by atoms with Crippen LogP contribution in [0.15, 0.2) is 35.6 Å². The molecule has 0 bridgehead atoms. The van der Waals surface area contributed by atoms with Gasteiger partial charge in [0.25, 0.3) is 0 Å². The molecule has 2 aliphatic heterocycles. The zero-order chi connectivity index (χ0) is 25.2. The molecule has 10 heteroatoms. The number of hydrogen-bond donors (Lipinski definition) is 1. The average Bonchev–Trinajstić information content (AvgIpc) is 2.78. The summed E-state index contributed by atoms with van der Waals surface area (Å²) in [4.78, 5) is 12.9. The van der Waals surface area contributed by atoms with Crippen molar-refractivity contribution in [1.29, 1.82) is 0 Å². The lowest BCUT2D eigenvalue weighted by Gasteiger charge is -2.47. The zero-order valence-electron chi connectivity index (χ0n) is 20.3. The van der Waals surface area contributed by atoms with Gasteiger partial charge in [0.2, 0.25) is 5.88 Å². The second-order valence-electron chi connectivity index (χ2n) is 9.35. The van der Waals surface area contributed by atoms with E-state index in [-0.39, 0.29) is 11.6 Å². The zero-order valence-corrected chi connectivity index (χ0v) is 21.1. The van der Waals surface area contributed by atoms with Crippen molar-refractivity contribution in [2.24, 2.45) is 22.6 Å². The summed E-state index contributed by atoms with van der Waals surface area (Å²) in [6, 6.07) is 4.44. The minimum absolute atomic E-state index is 0.0544. The summed E-state index contributed by atoms with van der Waals surface area (Å²) >= 11 is 1.42. The lowest BCUT2D eigenvalue weighted by Crippen LogP contribution is -2.50. The van der Waals surface area contributed by atoms with Crippen molar-refractivity contribution < 1.29 is 23.0 Å². The highest BCUT2D eigenvalue weighted by Gasteiger charge is 2.50. The largest absolute Gasteiger partial charge is 0.476 e. The standard InChI is InChI=1S/C25H30F2N4O3S/c1-15-24(2,14-32-4)35-23(28)31-25(15,3)18-7-16(5-6-19(18)26)8-20(27)21-9-30-22(10-29-21)34-13-17-11-33-12-17/h5-10,15,17H,11-14H2,1-4H3,(H2,28,31)/b20-8-/t15-,24-,25+/m1/s1. The number of halogens is 2. The lowest BCUT2D eigenvalue weighted by molar-refractivity contribution is -0.0514. The van der Waals surface area contributed by atoms with Gasteiger partial charge in [0.15, 0.2) is 11.0 Å². The monoisotopic (exact) mass is 504 g/mol. The SMILES string of the molecule is COC[C@@]1(C)SC(N)=N[C@](C)(c2cc(/C=C(\F)c3cnc(OCC4COC4)cn3)ccc2F)[C@@H]1C. The maximum absolute atomic E-state index is 15.1. The van der Waals surface area contributed by atoms with Gasteiger partial charge in [0.1, 0.15) is 11.5 Å². The Morgan fingerprint density at radius 2 is 2.06 bits per heavy atom. The Balaban J connectivity index is 1.58. The van der Waals surface area contributed by atoms with E-state index in [2.05, 4.69) is 15.0 Å². The molecule has 0 amide bonds. The van der Waals surface area contributed by atoms with E-state index in [0.717, 1.165) is 0 Å². The quantitative estimate of drug-likeness (QED) is 0.569. The number of aromatic nitrogens is 2. The number of thioether (sulfide) groups is 1. The Hall–Kier alpha value is -2.56. The van der Waals surface area contributed by atoms with E-state index < -0.39 is 21.9 Å². The first-order chi connectivity index (χ1) is 16.6. The third kappa shape index (κ3) is 5.34. The van der Waals surface area contributed by atoms with Crippen LogP contribution in [-0.2, 0) is 15.0 Å². The van der Waals surface area contributed by atoms with E-state index in [9.17, 15) is 0 Å². The minimum atomic E-state index is -0.961. The van der Waals surface area contributed by atoms with Crippen molar-refractivity contribution in [2.75, 3.05) is 33.5 Å². The molecule has 1 saturated heterocycles. The fourth-order valence-corrected chi connectivity index (χ4v) is 5.64. The molecule has 0 radical (unpaired) electrons. The molecular formula is C25H30F2N4O3S. The number of ether oxygens (including phenoxy) is 3. The highest BCUT2D eigenvalue weighted by Crippen LogP contribution is 2.50. The number of methoxy groups -OCH3 is 1. The predicted molar refractivity (Wildman–Crippen MR) is 133 cm³/mol. The maximum Gasteiger partial charge on any atom is 0.232 e. The Morgan fingerprint density at radius 1 is 1.29 bits per heavy atom. The minimum Gasteiger partial charge on any atom is -0.476 e. The molecule has 2 aromatic rings. The molecule has 7 nitrogen and oxygen atoms in total. The Bertz CT molecular complexity index is 1130. The van der Waals surface area contributed by atoms with Crippen molar-refractivity contribution in [3.8, 4) is 5.88 Å². The van der Waals surface area contributed by atoms with Crippen LogP contribution in [0, 0.1) is 17.7 Å². The molecule has 3 atom stereocenters. The van der Waals surface area contributed by atoms with Crippen molar-refractivity contribution in [1.82, 2.24) is 9.97 Å². The van der Waals surface area contributed by atoms with Gasteiger partial charge in [-0.25, -0.2) is 18.7 Å². The van der Waals surface area contributed by atoms with Crippen LogP contribution < -0.4 is 10.5 Å². The number of hydrogen-bond acceptors (Lipinski definition) is 8. The van der Waals surface area contributed by atoms with Crippen molar-refractivity contribution >= 4 is 28.8 Å². The molecule has 2 N–H and O–H groups in total. The van der Waals surface area contributed by atoms with Crippen LogP contribution in [0.3, 0.4) is 0 Å². The topological polar surface area (TPSA) is 91.9 Å². The summed E-state index contributed by atoms with van der Waals surface area (Å²) in [5, 5.41) is 0.360. The predicted octanol–water partition coefficient (Wildman–Crippen LogP) is 4.43. The molecule has 4 rings (SSSR count). The van der Waals surface area contributed by atoms with Gasteiger partial charge in [-0.3, -0.25) is 4.99 Å². The maximum atomic E-state index is 15.1. The van der Waals surface area contributed by atoms with Crippen LogP contribution in [0.2, 0.25) is 0 Å². The van der Waals surface area contributed by atoms with Gasteiger partial charge >= 0.3 is 0 Å². The number of rotatable bonds is 8. The Labute approximate surface area is 208 Å². The first-order valence-electron chi connectivity index (χ1n) is 11.4. The van der Waals surface area contributed by atoms with Crippen LogP contribution in [0.5, 0.6) is 5.88 Å². The molecule has 2 aliphatic rings. The smallest absolute Gasteiger partial charge is 0.232 e. The molecule has 188 valence electrons. The second kappa shape index (κ2) is 10.2. The van der Waals surface area contributed by atoms with Gasteiger partial charge in [-0.05, 0) is 37.6 Å². The molecule has 0 aliphatic carbocycles. The number of aliphatic imine (C=N–C) groups is 1. The number of benzene rings is 1. The first-order valence-corrected chi connectivity index (χ1v) is 12.2. The molecule has 35 heavy (non-hydrogen) atoms. The highest BCUT2D eigenvalue weighted by atomic mass is 32.2. The van der Waals surface area contributed by atoms with Gasteiger partial charge < -0.3 is 19.9 Å². The van der Waals surface area contributed by atoms with Crippen LogP contribution >= 0.6 is 11.8 Å². The van der Waals surface area contributed by atoms with Crippen molar-refractivity contribution in [3.05, 3.63) is 53.2 Å². The van der Waals surface area contributed by atoms with Gasteiger partial charge in [-0.2, -0.15) is 0 Å². The molecule has 0 unspecified atom stereocenters. The average molecular weight is 505 g/mol. The second-order valence-corrected chi connectivity index (χ2v) is 10.9. The molecule has 0 spiro atoms. The van der Waals surface area contributed by atoms with Crippen LogP contribution in [0.25, 0.3) is 11.9 Å². The van der Waals surface area contributed by atoms with Crippen molar-refractivity contribution in [2.45, 2.75) is 31.1 Å². The summed E-state index contributed by atoms with van der Waals surface area (Å²) in [5.41, 5.74) is 6.06. The van der Waals surface area contributed by atoms with Crippen LogP contribution in [0.4, 0.5) is 8.78 Å². The first kappa shape index (κ1) is 25.5. The lowest BCUT2D eigenvalue weighted by atomic mass is 9.73. The normalized spacial score (nSPS) is 27.3. The number of nitrogens with two attached hydrogens (primary N) is 1. The van der Waals surface area contributed by atoms with E-state index in [4.69, 9.17) is 19.9 Å². The number of amidine groups is 1. The van der Waals surface area contributed by atoms with E-state index in [1.807, 2.05) is 20.8 Å². The summed E-state index contributed by atoms with van der Waals surface area (Å²) in [5.74, 6) is -0.489. The van der Waals surface area contributed by atoms with Gasteiger partial charge in [0, 0.05) is 29.3 Å². The summed E-state index contributed by atoms with van der Waals surface area (Å²) < 4.78 is 45.8. The fraction of sp³-hybridized carbons (Fsp3) is 0.480. The van der Waals surface area contributed by atoms with Crippen molar-refractivity contribution in [3.63, 3.8) is 0 Å². The van der Waals surface area contributed by atoms with Crippen LogP contribution in [-0.4, -0.2) is 53.4 Å². The summed E-state index contributed by atoms with van der Waals surface area (Å²) in [6.07, 6.45) is 3.99. The number of nitrogens with zero attached hydrogens (tertiary/aromatic N) is 3. The van der Waals surface area contributed by atoms with E-state index in [0.29, 0.717) is 54.5 Å². The van der Waals surface area contributed by atoms with E-state index in [1.165, 1.54) is 42.4 Å². The molecule has 1 aromatic heterocycles. The van der Waals surface area contributed by atoms with Gasteiger partial charge in [-0.15, -0.1) is 0 Å². The molecule has 1 fully saturated rings. The van der Waals surface area contributed by atoms with E-state index in [1.54, 1.807) is 13.2 Å². The Kier molecular flexibility index (Phi) is 7.44. The Morgan fingerprint density at radius 3 is 2.69 bits per heavy atom. The van der Waals surface area contributed by atoms with E-state index >= 15 is 8.78 Å². The molecule has 0 saturated carbocycles. The molecular weight excluding hydrogens is 474 g/mol. The third-order valence-corrected chi connectivity index (χ3v) is 7.98. The van der Waals surface area contributed by atoms with Crippen LogP contribution in [0.1, 0.15) is 37.6 Å². The van der Waals surface area contributed by atoms with Gasteiger partial charge in [0.05, 0.1) is 44.4 Å². The fourth-order valence-electron chi connectivity index (χ4n) is 4.34.